The molecule has 0 fully saturated rings. The molecule has 0 saturated carbocycles. The van der Waals surface area contributed by atoms with Gasteiger partial charge in [-0.25, -0.2) is 0 Å². The summed E-state index contributed by atoms with van der Waals surface area (Å²) in [5.74, 6) is 0. The van der Waals surface area contributed by atoms with Gasteiger partial charge in [0, 0.05) is 6.42 Å². The average Bonchev–Trinajstić information content (AvgIpc) is 2.54. The van der Waals surface area contributed by atoms with E-state index in [1.54, 1.807) is 0 Å². The van der Waals surface area contributed by atoms with Gasteiger partial charge in [-0.3, -0.25) is 0 Å². The maximum absolute atomic E-state index is 6.07. The second kappa shape index (κ2) is 4.03. The highest BCUT2D eigenvalue weighted by Gasteiger charge is 2.25. The summed E-state index contributed by atoms with van der Waals surface area (Å²) in [7, 11) is 0. The van der Waals surface area contributed by atoms with Crippen LogP contribution in [0.2, 0.25) is 0 Å². The number of hydrogen-bond donors (Lipinski definition) is 1. The first-order valence-electron chi connectivity index (χ1n) is 5.24. The molecule has 0 spiro atoms. The summed E-state index contributed by atoms with van der Waals surface area (Å²) in [6, 6.07) is 8.08. The molecule has 2 N–H and O–H groups in total. The Morgan fingerprint density at radius 3 is 2.80 bits per heavy atom. The van der Waals surface area contributed by atoms with Crippen LogP contribution in [0.15, 0.2) is 29.4 Å². The SMILES string of the molecule is CC(C)ON=C1Cc2ccccc2C1N. The Morgan fingerprint density at radius 1 is 1.40 bits per heavy atom. The summed E-state index contributed by atoms with van der Waals surface area (Å²) in [5.41, 5.74) is 9.42. The van der Waals surface area contributed by atoms with Crippen molar-refractivity contribution >= 4 is 5.71 Å². The normalized spacial score (nSPS) is 22.1. The smallest absolute Gasteiger partial charge is 0.122 e. The zero-order valence-corrected chi connectivity index (χ0v) is 9.10. The van der Waals surface area contributed by atoms with E-state index in [2.05, 4.69) is 17.3 Å². The summed E-state index contributed by atoms with van der Waals surface area (Å²) >= 11 is 0. The average molecular weight is 204 g/mol. The van der Waals surface area contributed by atoms with Crippen molar-refractivity contribution in [2.45, 2.75) is 32.4 Å². The van der Waals surface area contributed by atoms with Crippen molar-refractivity contribution in [3.8, 4) is 0 Å². The molecule has 0 aliphatic heterocycles. The van der Waals surface area contributed by atoms with Gasteiger partial charge in [-0.1, -0.05) is 29.4 Å². The largest absolute Gasteiger partial charge is 0.393 e. The maximum Gasteiger partial charge on any atom is 0.122 e. The lowest BCUT2D eigenvalue weighted by Crippen LogP contribution is -2.17. The minimum absolute atomic E-state index is 0.0973. The number of benzene rings is 1. The van der Waals surface area contributed by atoms with Crippen LogP contribution >= 0.6 is 0 Å². The molecule has 0 saturated heterocycles. The highest BCUT2D eigenvalue weighted by atomic mass is 16.6. The van der Waals surface area contributed by atoms with E-state index in [9.17, 15) is 0 Å². The third kappa shape index (κ3) is 2.02. The molecule has 0 bridgehead atoms. The molecule has 1 atom stereocenters. The molecule has 3 heteroatoms. The van der Waals surface area contributed by atoms with Gasteiger partial charge in [-0.05, 0) is 25.0 Å². The number of nitrogens with two attached hydrogens (primary N) is 1. The minimum atomic E-state index is -0.0973. The molecule has 0 radical (unpaired) electrons. The molecule has 15 heavy (non-hydrogen) atoms. The lowest BCUT2D eigenvalue weighted by molar-refractivity contribution is 0.0849. The van der Waals surface area contributed by atoms with Crippen molar-refractivity contribution in [2.24, 2.45) is 10.9 Å². The van der Waals surface area contributed by atoms with Crippen LogP contribution < -0.4 is 5.73 Å². The molecule has 1 unspecified atom stereocenters. The second-order valence-corrected chi connectivity index (χ2v) is 4.09. The third-order valence-corrected chi connectivity index (χ3v) is 2.50. The second-order valence-electron chi connectivity index (χ2n) is 4.09. The van der Waals surface area contributed by atoms with Crippen LogP contribution in [0.4, 0.5) is 0 Å². The van der Waals surface area contributed by atoms with Gasteiger partial charge in [-0.2, -0.15) is 0 Å². The Kier molecular flexibility index (Phi) is 2.73. The molecule has 3 nitrogen and oxygen atoms in total. The van der Waals surface area contributed by atoms with E-state index in [0.717, 1.165) is 12.1 Å². The zero-order valence-electron chi connectivity index (χ0n) is 9.10. The number of fused-ring (bicyclic) bond motifs is 1. The summed E-state index contributed by atoms with van der Waals surface area (Å²) in [5, 5.41) is 4.11. The first kappa shape index (κ1) is 10.2. The van der Waals surface area contributed by atoms with E-state index in [1.165, 1.54) is 11.1 Å². The van der Waals surface area contributed by atoms with Crippen molar-refractivity contribution in [3.05, 3.63) is 35.4 Å². The highest BCUT2D eigenvalue weighted by molar-refractivity contribution is 5.96. The summed E-state index contributed by atoms with van der Waals surface area (Å²) in [6.45, 7) is 3.91. The van der Waals surface area contributed by atoms with Crippen LogP contribution in [0, 0.1) is 0 Å². The fourth-order valence-electron chi connectivity index (χ4n) is 1.75. The van der Waals surface area contributed by atoms with Gasteiger partial charge in [0.25, 0.3) is 0 Å². The molecule has 1 aromatic rings. The Labute approximate surface area is 89.9 Å². The summed E-state index contributed by atoms with van der Waals surface area (Å²) in [6.07, 6.45) is 0.915. The van der Waals surface area contributed by atoms with Gasteiger partial charge < -0.3 is 10.6 Å². The fourth-order valence-corrected chi connectivity index (χ4v) is 1.75. The van der Waals surface area contributed by atoms with E-state index < -0.39 is 0 Å². The van der Waals surface area contributed by atoms with Gasteiger partial charge in [0.2, 0.25) is 0 Å². The van der Waals surface area contributed by atoms with E-state index in [1.807, 2.05) is 26.0 Å². The standard InChI is InChI=1S/C12H16N2O/c1-8(2)15-14-11-7-9-5-3-4-6-10(9)12(11)13/h3-6,8,12H,7,13H2,1-2H3. The molecule has 1 aliphatic carbocycles. The quantitative estimate of drug-likeness (QED) is 0.749. The summed E-state index contributed by atoms with van der Waals surface area (Å²) < 4.78 is 0. The zero-order chi connectivity index (χ0) is 10.8. The van der Waals surface area contributed by atoms with Crippen LogP contribution in [0.3, 0.4) is 0 Å². The van der Waals surface area contributed by atoms with Crippen molar-refractivity contribution in [1.82, 2.24) is 0 Å². The highest BCUT2D eigenvalue weighted by Crippen LogP contribution is 2.27. The minimum Gasteiger partial charge on any atom is -0.393 e. The van der Waals surface area contributed by atoms with E-state index in [0.29, 0.717) is 0 Å². The molecule has 0 heterocycles. The van der Waals surface area contributed by atoms with Crippen molar-refractivity contribution in [3.63, 3.8) is 0 Å². The van der Waals surface area contributed by atoms with Crippen LogP contribution in [-0.4, -0.2) is 11.8 Å². The predicted molar refractivity (Wildman–Crippen MR) is 60.7 cm³/mol. The Morgan fingerprint density at radius 2 is 2.13 bits per heavy atom. The first-order valence-corrected chi connectivity index (χ1v) is 5.24. The number of nitrogens with zero attached hydrogens (tertiary/aromatic N) is 1. The third-order valence-electron chi connectivity index (χ3n) is 2.50. The predicted octanol–water partition coefficient (Wildman–Crippen LogP) is 2.02. The van der Waals surface area contributed by atoms with Crippen molar-refractivity contribution < 1.29 is 4.84 Å². The number of hydrogen-bond acceptors (Lipinski definition) is 3. The molecule has 1 aliphatic rings. The fraction of sp³-hybridized carbons (Fsp3) is 0.417. The van der Waals surface area contributed by atoms with Crippen molar-refractivity contribution in [1.29, 1.82) is 0 Å². The summed E-state index contributed by atoms with van der Waals surface area (Å²) in [4.78, 5) is 5.24. The molecular formula is C12H16N2O. The Hall–Kier alpha value is -1.35. The first-order chi connectivity index (χ1) is 7.18. The lowest BCUT2D eigenvalue weighted by atomic mass is 10.1. The van der Waals surface area contributed by atoms with Gasteiger partial charge in [-0.15, -0.1) is 0 Å². The van der Waals surface area contributed by atoms with Crippen molar-refractivity contribution in [2.75, 3.05) is 0 Å². The number of oxime groups is 1. The molecule has 1 aromatic carbocycles. The van der Waals surface area contributed by atoms with Gasteiger partial charge >= 0.3 is 0 Å². The Balaban J connectivity index is 2.20. The van der Waals surface area contributed by atoms with Crippen LogP contribution in [0.5, 0.6) is 0 Å². The van der Waals surface area contributed by atoms with E-state index in [4.69, 9.17) is 10.6 Å². The molecule has 80 valence electrons. The number of rotatable bonds is 2. The molecule has 0 amide bonds. The lowest BCUT2D eigenvalue weighted by Gasteiger charge is -2.07. The van der Waals surface area contributed by atoms with Gasteiger partial charge in [0.1, 0.15) is 6.10 Å². The maximum atomic E-state index is 6.07. The van der Waals surface area contributed by atoms with E-state index >= 15 is 0 Å². The van der Waals surface area contributed by atoms with E-state index in [-0.39, 0.29) is 12.1 Å². The Bertz CT molecular complexity index is 385. The monoisotopic (exact) mass is 204 g/mol. The molecule has 0 aromatic heterocycles. The van der Waals surface area contributed by atoms with Crippen LogP contribution in [-0.2, 0) is 11.3 Å². The molecule has 2 rings (SSSR count). The van der Waals surface area contributed by atoms with Crippen LogP contribution in [0.1, 0.15) is 31.0 Å². The van der Waals surface area contributed by atoms with Gasteiger partial charge in [0.15, 0.2) is 0 Å². The topological polar surface area (TPSA) is 47.6 Å². The molecular weight excluding hydrogens is 188 g/mol. The van der Waals surface area contributed by atoms with Crippen LogP contribution in [0.25, 0.3) is 0 Å². The van der Waals surface area contributed by atoms with Gasteiger partial charge in [0.05, 0.1) is 11.8 Å².